The third-order valence-electron chi connectivity index (χ3n) is 4.67. The molecule has 0 N–H and O–H groups in total. The van der Waals surface area contributed by atoms with Gasteiger partial charge in [-0.15, -0.1) is 0 Å². The van der Waals surface area contributed by atoms with E-state index in [0.717, 1.165) is 22.9 Å². The lowest BCUT2D eigenvalue weighted by molar-refractivity contribution is -0.124. The number of hydrogen-bond donors (Lipinski definition) is 0. The zero-order valence-electron chi connectivity index (χ0n) is 16.1. The van der Waals surface area contributed by atoms with Crippen LogP contribution in [0.3, 0.4) is 0 Å². The number of carbonyl (C=O) groups is 3. The number of ether oxygens (including phenoxy) is 1. The van der Waals surface area contributed by atoms with E-state index in [2.05, 4.69) is 0 Å². The van der Waals surface area contributed by atoms with Crippen molar-refractivity contribution in [3.8, 4) is 11.3 Å². The minimum atomic E-state index is -0.396. The van der Waals surface area contributed by atoms with E-state index in [0.29, 0.717) is 28.4 Å². The average molecular weight is 399 g/mol. The fourth-order valence-electron chi connectivity index (χ4n) is 2.93. The summed E-state index contributed by atoms with van der Waals surface area (Å²) in [6, 6.07) is 8.61. The number of furan rings is 1. The Morgan fingerprint density at radius 2 is 2.04 bits per heavy atom. The fraction of sp³-hybridized carbons (Fsp3) is 0.286. The van der Waals surface area contributed by atoms with E-state index in [1.54, 1.807) is 36.4 Å². The van der Waals surface area contributed by atoms with Crippen molar-refractivity contribution in [3.05, 3.63) is 52.1 Å². The summed E-state index contributed by atoms with van der Waals surface area (Å²) in [5.74, 6) is 0.412. The Balaban J connectivity index is 1.85. The Bertz CT molecular complexity index is 975. The van der Waals surface area contributed by atoms with Crippen molar-refractivity contribution < 1.29 is 23.5 Å². The largest absolute Gasteiger partial charge is 0.465 e. The van der Waals surface area contributed by atoms with Crippen LogP contribution in [-0.4, -0.2) is 35.2 Å². The zero-order valence-corrected chi connectivity index (χ0v) is 17.0. The van der Waals surface area contributed by atoms with E-state index in [4.69, 9.17) is 9.15 Å². The van der Waals surface area contributed by atoms with Crippen LogP contribution < -0.4 is 0 Å². The van der Waals surface area contributed by atoms with Crippen LogP contribution in [-0.2, 0) is 9.53 Å². The predicted molar refractivity (Wildman–Crippen MR) is 108 cm³/mol. The van der Waals surface area contributed by atoms with Gasteiger partial charge in [-0.25, -0.2) is 4.79 Å². The first-order valence-corrected chi connectivity index (χ1v) is 9.73. The molecule has 2 amide bonds. The molecule has 1 unspecified atom stereocenters. The summed E-state index contributed by atoms with van der Waals surface area (Å²) in [6.45, 7) is 5.66. The Morgan fingerprint density at radius 3 is 2.68 bits per heavy atom. The Labute approximate surface area is 167 Å². The summed E-state index contributed by atoms with van der Waals surface area (Å²) in [5, 5.41) is -0.258. The molecule has 1 aromatic carbocycles. The lowest BCUT2D eigenvalue weighted by Crippen LogP contribution is -2.36. The van der Waals surface area contributed by atoms with Gasteiger partial charge in [-0.1, -0.05) is 13.0 Å². The number of rotatable bonds is 5. The number of methoxy groups -OCH3 is 1. The molecule has 1 atom stereocenters. The summed E-state index contributed by atoms with van der Waals surface area (Å²) < 4.78 is 10.6. The molecule has 146 valence electrons. The highest BCUT2D eigenvalue weighted by molar-refractivity contribution is 8.18. The number of nitrogens with zero attached hydrogens (tertiary/aromatic N) is 1. The van der Waals surface area contributed by atoms with Gasteiger partial charge in [0.15, 0.2) is 0 Å². The molecular weight excluding hydrogens is 378 g/mol. The minimum Gasteiger partial charge on any atom is -0.465 e. The van der Waals surface area contributed by atoms with Gasteiger partial charge < -0.3 is 9.15 Å². The highest BCUT2D eigenvalue weighted by atomic mass is 32.2. The van der Waals surface area contributed by atoms with E-state index >= 15 is 0 Å². The minimum absolute atomic E-state index is 0.137. The molecule has 0 aliphatic carbocycles. The third kappa shape index (κ3) is 3.75. The van der Waals surface area contributed by atoms with E-state index in [-0.39, 0.29) is 17.2 Å². The quantitative estimate of drug-likeness (QED) is 0.527. The van der Waals surface area contributed by atoms with Crippen molar-refractivity contribution in [1.29, 1.82) is 0 Å². The third-order valence-corrected chi connectivity index (χ3v) is 5.55. The fourth-order valence-corrected chi connectivity index (χ4v) is 3.84. The van der Waals surface area contributed by atoms with E-state index in [9.17, 15) is 14.4 Å². The second-order valence-corrected chi connectivity index (χ2v) is 7.53. The van der Waals surface area contributed by atoms with Crippen LogP contribution in [0.2, 0.25) is 0 Å². The highest BCUT2D eigenvalue weighted by Gasteiger charge is 2.37. The van der Waals surface area contributed by atoms with Crippen LogP contribution in [0.5, 0.6) is 0 Å². The second-order valence-electron chi connectivity index (χ2n) is 6.53. The number of carbonyl (C=O) groups excluding carboxylic acids is 3. The SMILES string of the molecule is CCC(C)N1C(=O)SC(=Cc2ccc(-c3ccc(C(=O)OC)cc3C)o2)C1=O. The summed E-state index contributed by atoms with van der Waals surface area (Å²) in [7, 11) is 1.34. The summed E-state index contributed by atoms with van der Waals surface area (Å²) in [5.41, 5.74) is 2.16. The summed E-state index contributed by atoms with van der Waals surface area (Å²) in [6.07, 6.45) is 2.30. The van der Waals surface area contributed by atoms with Crippen LogP contribution >= 0.6 is 11.8 Å². The molecule has 0 spiro atoms. The zero-order chi connectivity index (χ0) is 20.4. The van der Waals surface area contributed by atoms with Crippen molar-refractivity contribution in [1.82, 2.24) is 4.90 Å². The molecular formula is C21H21NO5S. The predicted octanol–water partition coefficient (Wildman–Crippen LogP) is 4.88. The van der Waals surface area contributed by atoms with Gasteiger partial charge in [0.1, 0.15) is 11.5 Å². The lowest BCUT2D eigenvalue weighted by atomic mass is 10.0. The van der Waals surface area contributed by atoms with Gasteiger partial charge in [0.05, 0.1) is 17.6 Å². The monoisotopic (exact) mass is 399 g/mol. The molecule has 0 bridgehead atoms. The molecule has 2 aromatic rings. The van der Waals surface area contributed by atoms with Gasteiger partial charge in [-0.2, -0.15) is 0 Å². The van der Waals surface area contributed by atoms with Gasteiger partial charge in [0.2, 0.25) is 0 Å². The highest BCUT2D eigenvalue weighted by Crippen LogP contribution is 2.35. The normalized spacial score (nSPS) is 16.7. The number of aryl methyl sites for hydroxylation is 1. The van der Waals surface area contributed by atoms with Crippen molar-refractivity contribution in [2.75, 3.05) is 7.11 Å². The van der Waals surface area contributed by atoms with Crippen molar-refractivity contribution in [3.63, 3.8) is 0 Å². The maximum absolute atomic E-state index is 12.5. The molecule has 1 aliphatic rings. The molecule has 7 heteroatoms. The average Bonchev–Trinajstić information content (AvgIpc) is 3.25. The van der Waals surface area contributed by atoms with Crippen molar-refractivity contribution >= 4 is 35.0 Å². The number of amides is 2. The Morgan fingerprint density at radius 1 is 1.29 bits per heavy atom. The van der Waals surface area contributed by atoms with Crippen LogP contribution in [0.15, 0.2) is 39.7 Å². The summed E-state index contributed by atoms with van der Waals surface area (Å²) in [4.78, 5) is 37.9. The van der Waals surface area contributed by atoms with Crippen LogP contribution in [0.25, 0.3) is 17.4 Å². The van der Waals surface area contributed by atoms with Crippen molar-refractivity contribution in [2.24, 2.45) is 0 Å². The lowest BCUT2D eigenvalue weighted by Gasteiger charge is -2.19. The maximum atomic E-state index is 12.5. The van der Waals surface area contributed by atoms with E-state index < -0.39 is 5.97 Å². The molecule has 0 radical (unpaired) electrons. The first kappa shape index (κ1) is 19.9. The molecule has 1 fully saturated rings. The number of imide groups is 1. The smallest absolute Gasteiger partial charge is 0.337 e. The first-order chi connectivity index (χ1) is 13.3. The molecule has 1 aliphatic heterocycles. The molecule has 0 saturated carbocycles. The van der Waals surface area contributed by atoms with E-state index in [1.807, 2.05) is 20.8 Å². The second kappa shape index (κ2) is 8.06. The Kier molecular flexibility index (Phi) is 5.74. The number of thioether (sulfide) groups is 1. The van der Waals surface area contributed by atoms with Gasteiger partial charge in [0.25, 0.3) is 11.1 Å². The van der Waals surface area contributed by atoms with Crippen LogP contribution in [0.4, 0.5) is 4.79 Å². The number of benzene rings is 1. The summed E-state index contributed by atoms with van der Waals surface area (Å²) >= 11 is 0.923. The van der Waals surface area contributed by atoms with Gasteiger partial charge >= 0.3 is 5.97 Å². The number of esters is 1. The Hall–Kier alpha value is -2.80. The van der Waals surface area contributed by atoms with Crippen LogP contribution in [0, 0.1) is 6.92 Å². The van der Waals surface area contributed by atoms with E-state index in [1.165, 1.54) is 12.0 Å². The van der Waals surface area contributed by atoms with Gasteiger partial charge in [-0.05, 0) is 61.9 Å². The van der Waals surface area contributed by atoms with Gasteiger partial charge in [-0.3, -0.25) is 14.5 Å². The molecule has 28 heavy (non-hydrogen) atoms. The molecule has 1 saturated heterocycles. The molecule has 6 nitrogen and oxygen atoms in total. The topological polar surface area (TPSA) is 76.8 Å². The molecule has 3 rings (SSSR count). The molecule has 1 aromatic heterocycles. The number of hydrogen-bond acceptors (Lipinski definition) is 6. The van der Waals surface area contributed by atoms with Crippen molar-refractivity contribution in [2.45, 2.75) is 33.2 Å². The standard InChI is InChI=1S/C21H21NO5S/c1-5-13(3)22-19(23)18(28-21(22)25)11-15-7-9-17(27-15)16-8-6-14(10-12(16)2)20(24)26-4/h6-11,13H,5H2,1-4H3. The first-order valence-electron chi connectivity index (χ1n) is 8.92. The maximum Gasteiger partial charge on any atom is 0.337 e. The van der Waals surface area contributed by atoms with Gasteiger partial charge in [0, 0.05) is 17.7 Å². The molecule has 2 heterocycles. The van der Waals surface area contributed by atoms with Crippen LogP contribution in [0.1, 0.15) is 41.9 Å².